The number of nitrogens with two attached hydrogens (primary N) is 2. The first kappa shape index (κ1) is 9.48. The second-order valence-corrected chi connectivity index (χ2v) is 3.54. The Morgan fingerprint density at radius 2 is 2.00 bits per heavy atom. The third kappa shape index (κ3) is 2.46. The van der Waals surface area contributed by atoms with Crippen LogP contribution in [0.25, 0.3) is 0 Å². The topological polar surface area (TPSA) is 81.1 Å². The molecule has 5 N–H and O–H groups in total. The van der Waals surface area contributed by atoms with Gasteiger partial charge in [-0.3, -0.25) is 4.79 Å². The van der Waals surface area contributed by atoms with E-state index < -0.39 is 0 Å². The summed E-state index contributed by atoms with van der Waals surface area (Å²) in [5.41, 5.74) is 11.5. The first-order valence-electron chi connectivity index (χ1n) is 4.38. The van der Waals surface area contributed by atoms with Gasteiger partial charge in [0, 0.05) is 25.0 Å². The van der Waals surface area contributed by atoms with Crippen molar-refractivity contribution in [2.24, 2.45) is 11.5 Å². The zero-order valence-corrected chi connectivity index (χ0v) is 7.42. The van der Waals surface area contributed by atoms with Crippen molar-refractivity contribution in [1.82, 2.24) is 5.32 Å². The van der Waals surface area contributed by atoms with Gasteiger partial charge >= 0.3 is 0 Å². The Balaban J connectivity index is 2.35. The molecule has 3 unspecified atom stereocenters. The minimum absolute atomic E-state index is 0.0164. The van der Waals surface area contributed by atoms with Gasteiger partial charge in [0.1, 0.15) is 0 Å². The van der Waals surface area contributed by atoms with E-state index in [-0.39, 0.29) is 24.0 Å². The number of rotatable bonds is 1. The van der Waals surface area contributed by atoms with Crippen molar-refractivity contribution < 1.29 is 4.79 Å². The van der Waals surface area contributed by atoms with Gasteiger partial charge in [0.2, 0.25) is 5.91 Å². The van der Waals surface area contributed by atoms with Crippen molar-refractivity contribution in [3.63, 3.8) is 0 Å². The number of hydrogen-bond donors (Lipinski definition) is 3. The Morgan fingerprint density at radius 1 is 1.33 bits per heavy atom. The van der Waals surface area contributed by atoms with Gasteiger partial charge in [-0.2, -0.15) is 0 Å². The minimum Gasteiger partial charge on any atom is -0.354 e. The summed E-state index contributed by atoms with van der Waals surface area (Å²) < 4.78 is 0. The second-order valence-electron chi connectivity index (χ2n) is 3.54. The number of nitrogens with one attached hydrogen (secondary N) is 1. The molecule has 0 aromatic carbocycles. The van der Waals surface area contributed by atoms with Crippen LogP contribution < -0.4 is 16.8 Å². The molecule has 4 nitrogen and oxygen atoms in total. The van der Waals surface area contributed by atoms with Gasteiger partial charge in [-0.25, -0.2) is 0 Å². The van der Waals surface area contributed by atoms with E-state index in [0.29, 0.717) is 0 Å². The highest BCUT2D eigenvalue weighted by Crippen LogP contribution is 2.15. The fourth-order valence-electron chi connectivity index (χ4n) is 1.65. The predicted molar refractivity (Wildman–Crippen MR) is 47.4 cm³/mol. The Kier molecular flexibility index (Phi) is 3.05. The van der Waals surface area contributed by atoms with Crippen LogP contribution in [0.3, 0.4) is 0 Å². The van der Waals surface area contributed by atoms with Gasteiger partial charge in [0.15, 0.2) is 0 Å². The second kappa shape index (κ2) is 3.87. The SMILES string of the molecule is CC(=O)NC1CCC(N)C(N)C1. The Hall–Kier alpha value is -0.610. The van der Waals surface area contributed by atoms with E-state index in [1.165, 1.54) is 6.92 Å². The van der Waals surface area contributed by atoms with E-state index in [4.69, 9.17) is 11.5 Å². The van der Waals surface area contributed by atoms with Crippen molar-refractivity contribution in [1.29, 1.82) is 0 Å². The molecular formula is C8H17N3O. The summed E-state index contributed by atoms with van der Waals surface area (Å²) in [4.78, 5) is 10.7. The van der Waals surface area contributed by atoms with Crippen LogP contribution in [-0.2, 0) is 4.79 Å². The first-order valence-corrected chi connectivity index (χ1v) is 4.38. The molecule has 1 amide bonds. The van der Waals surface area contributed by atoms with Crippen molar-refractivity contribution in [3.8, 4) is 0 Å². The lowest BCUT2D eigenvalue weighted by molar-refractivity contribution is -0.119. The van der Waals surface area contributed by atoms with Crippen molar-refractivity contribution >= 4 is 5.91 Å². The third-order valence-electron chi connectivity index (χ3n) is 2.36. The number of hydrogen-bond acceptors (Lipinski definition) is 3. The van der Waals surface area contributed by atoms with E-state index in [1.54, 1.807) is 0 Å². The summed E-state index contributed by atoms with van der Waals surface area (Å²) in [6.07, 6.45) is 2.67. The normalized spacial score (nSPS) is 36.1. The molecule has 0 aromatic rings. The maximum Gasteiger partial charge on any atom is 0.217 e. The standard InChI is InChI=1S/C8H17N3O/c1-5(12)11-6-2-3-7(9)8(10)4-6/h6-8H,2-4,9-10H2,1H3,(H,11,12). The summed E-state index contributed by atoms with van der Waals surface area (Å²) in [7, 11) is 0. The van der Waals surface area contributed by atoms with E-state index in [1.807, 2.05) is 0 Å². The smallest absolute Gasteiger partial charge is 0.217 e. The molecule has 1 rings (SSSR count). The number of carbonyl (C=O) groups excluding carboxylic acids is 1. The molecule has 1 saturated carbocycles. The maximum atomic E-state index is 10.7. The fraction of sp³-hybridized carbons (Fsp3) is 0.875. The molecule has 0 aliphatic heterocycles. The van der Waals surface area contributed by atoms with Crippen LogP contribution in [0.5, 0.6) is 0 Å². The maximum absolute atomic E-state index is 10.7. The molecule has 3 atom stereocenters. The molecule has 1 fully saturated rings. The molecule has 4 heteroatoms. The molecule has 0 bridgehead atoms. The number of amides is 1. The van der Waals surface area contributed by atoms with Crippen molar-refractivity contribution in [3.05, 3.63) is 0 Å². The minimum atomic E-state index is 0.0164. The van der Waals surface area contributed by atoms with Gasteiger partial charge in [0.25, 0.3) is 0 Å². The zero-order chi connectivity index (χ0) is 9.14. The predicted octanol–water partition coefficient (Wildman–Crippen LogP) is -0.670. The Morgan fingerprint density at radius 3 is 2.50 bits per heavy atom. The van der Waals surface area contributed by atoms with Crippen LogP contribution in [-0.4, -0.2) is 24.0 Å². The number of carbonyl (C=O) groups is 1. The highest BCUT2D eigenvalue weighted by atomic mass is 16.1. The largest absolute Gasteiger partial charge is 0.354 e. The van der Waals surface area contributed by atoms with E-state index in [2.05, 4.69) is 5.32 Å². The van der Waals surface area contributed by atoms with E-state index in [9.17, 15) is 4.79 Å². The lowest BCUT2D eigenvalue weighted by atomic mass is 9.88. The highest BCUT2D eigenvalue weighted by molar-refractivity contribution is 5.73. The molecule has 0 heterocycles. The van der Waals surface area contributed by atoms with E-state index >= 15 is 0 Å². The fourth-order valence-corrected chi connectivity index (χ4v) is 1.65. The third-order valence-corrected chi connectivity index (χ3v) is 2.36. The average molecular weight is 171 g/mol. The van der Waals surface area contributed by atoms with Crippen LogP contribution in [0.4, 0.5) is 0 Å². The van der Waals surface area contributed by atoms with Gasteiger partial charge in [0.05, 0.1) is 0 Å². The van der Waals surface area contributed by atoms with Crippen molar-refractivity contribution in [2.45, 2.75) is 44.3 Å². The van der Waals surface area contributed by atoms with Gasteiger partial charge in [-0.05, 0) is 19.3 Å². The lowest BCUT2D eigenvalue weighted by Gasteiger charge is -2.31. The Bertz CT molecular complexity index is 172. The molecule has 0 saturated heterocycles. The average Bonchev–Trinajstić information content (AvgIpc) is 1.96. The van der Waals surface area contributed by atoms with Gasteiger partial charge in [-0.15, -0.1) is 0 Å². The van der Waals surface area contributed by atoms with Gasteiger partial charge < -0.3 is 16.8 Å². The molecule has 70 valence electrons. The van der Waals surface area contributed by atoms with Crippen LogP contribution in [0, 0.1) is 0 Å². The molecule has 0 spiro atoms. The lowest BCUT2D eigenvalue weighted by Crippen LogP contribution is -2.51. The molecule has 12 heavy (non-hydrogen) atoms. The van der Waals surface area contributed by atoms with Crippen LogP contribution in [0.1, 0.15) is 26.2 Å². The molecule has 1 aliphatic rings. The molecular weight excluding hydrogens is 154 g/mol. The summed E-state index contributed by atoms with van der Waals surface area (Å²) in [5, 5.41) is 2.86. The summed E-state index contributed by atoms with van der Waals surface area (Å²) >= 11 is 0. The van der Waals surface area contributed by atoms with Crippen molar-refractivity contribution in [2.75, 3.05) is 0 Å². The van der Waals surface area contributed by atoms with Crippen LogP contribution in [0.15, 0.2) is 0 Å². The van der Waals surface area contributed by atoms with E-state index in [0.717, 1.165) is 19.3 Å². The monoisotopic (exact) mass is 171 g/mol. The zero-order valence-electron chi connectivity index (χ0n) is 7.42. The Labute approximate surface area is 72.7 Å². The molecule has 0 radical (unpaired) electrons. The quantitative estimate of drug-likeness (QED) is 0.489. The highest BCUT2D eigenvalue weighted by Gasteiger charge is 2.25. The first-order chi connectivity index (χ1) is 5.59. The summed E-state index contributed by atoms with van der Waals surface area (Å²) in [5.74, 6) is 0.0164. The molecule has 1 aliphatic carbocycles. The van der Waals surface area contributed by atoms with Gasteiger partial charge in [-0.1, -0.05) is 0 Å². The van der Waals surface area contributed by atoms with Crippen LogP contribution >= 0.6 is 0 Å². The summed E-state index contributed by atoms with van der Waals surface area (Å²) in [6, 6.07) is 0.378. The summed E-state index contributed by atoms with van der Waals surface area (Å²) in [6.45, 7) is 1.53. The van der Waals surface area contributed by atoms with Crippen LogP contribution in [0.2, 0.25) is 0 Å². The molecule has 0 aromatic heterocycles.